The van der Waals surface area contributed by atoms with Gasteiger partial charge < -0.3 is 66.8 Å². The van der Waals surface area contributed by atoms with Crippen LogP contribution in [0.3, 0.4) is 0 Å². The molecule has 0 aliphatic heterocycles. The number of oxime groups is 2. The van der Waals surface area contributed by atoms with Crippen molar-refractivity contribution < 1.29 is 92.2 Å². The molecule has 6 N–H and O–H groups in total. The van der Waals surface area contributed by atoms with Gasteiger partial charge in [-0.1, -0.05) is 66.3 Å². The van der Waals surface area contributed by atoms with Crippen LogP contribution in [0.1, 0.15) is 91.9 Å². The predicted octanol–water partition coefficient (Wildman–Crippen LogP) is 4.36. The van der Waals surface area contributed by atoms with Crippen molar-refractivity contribution in [3.05, 3.63) is 91.0 Å². The SMILES string of the molecule is C.CNC(C)(CC[C@H]1/C(=N\O)C[C@H](O)[C@@H]1C/C=C\COCC(=O)OC)COc1ccccc1F.CN[C@](C)(CC[C@H]1/C(=N\O)C[C@H](O)[C@@H]1C/C=C\CCCC(=O)OC)COc1ccccc1F.[B].[C-]#N.[Na+]. The number of hydrogen-bond donors (Lipinski definition) is 6. The molecule has 389 valence electrons. The first kappa shape index (κ1) is 68.7. The quantitative estimate of drug-likeness (QED) is 0.0146. The fraction of sp³-hybridized carbons (Fsp3) is 0.588. The Hall–Kier alpha value is -4.39. The van der Waals surface area contributed by atoms with Gasteiger partial charge in [-0.2, -0.15) is 0 Å². The summed E-state index contributed by atoms with van der Waals surface area (Å²) < 4.78 is 53.6. The molecule has 0 amide bonds. The zero-order valence-corrected chi connectivity index (χ0v) is 43.8. The molecule has 71 heavy (non-hydrogen) atoms. The largest absolute Gasteiger partial charge is 1.00 e. The number of aliphatic hydroxyl groups excluding tert-OH is 2. The third-order valence-corrected chi connectivity index (χ3v) is 12.7. The number of esters is 2. The molecule has 0 saturated heterocycles. The van der Waals surface area contributed by atoms with Gasteiger partial charge in [0.25, 0.3) is 0 Å². The van der Waals surface area contributed by atoms with Crippen LogP contribution in [-0.2, 0) is 23.8 Å². The van der Waals surface area contributed by atoms with E-state index in [1.165, 1.54) is 26.4 Å². The summed E-state index contributed by atoms with van der Waals surface area (Å²) in [7, 11) is 6.34. The third kappa shape index (κ3) is 23.8. The van der Waals surface area contributed by atoms with Crippen LogP contribution in [-0.4, -0.2) is 130 Å². The Labute approximate surface area is 444 Å². The number of para-hydroxylation sites is 2. The number of benzene rings is 2. The molecule has 1 unspecified atom stereocenters. The summed E-state index contributed by atoms with van der Waals surface area (Å²) >= 11 is 0. The molecule has 2 aromatic rings. The topological polar surface area (TPSA) is 234 Å². The second-order valence-corrected chi connectivity index (χ2v) is 17.4. The minimum atomic E-state index is -0.614. The maximum absolute atomic E-state index is 13.9. The predicted molar refractivity (Wildman–Crippen MR) is 265 cm³/mol. The monoisotopic (exact) mass is 1010 g/mol. The Morgan fingerprint density at radius 2 is 1.18 bits per heavy atom. The Balaban J connectivity index is 0. The molecule has 4 rings (SSSR count). The maximum atomic E-state index is 13.9. The zero-order valence-electron chi connectivity index (χ0n) is 41.8. The third-order valence-electron chi connectivity index (χ3n) is 12.7. The first-order chi connectivity index (χ1) is 32.7. The van der Waals surface area contributed by atoms with Crippen molar-refractivity contribution in [2.24, 2.45) is 34.0 Å². The second-order valence-electron chi connectivity index (χ2n) is 17.4. The van der Waals surface area contributed by atoms with Gasteiger partial charge in [-0.3, -0.25) is 4.79 Å². The minimum absolute atomic E-state index is 0. The molecule has 20 heteroatoms. The number of carbonyl (C=O) groups excluding carboxylic acids is 2. The van der Waals surface area contributed by atoms with Gasteiger partial charge in [-0.05, 0) is 115 Å². The number of methoxy groups -OCH3 is 2. The van der Waals surface area contributed by atoms with E-state index < -0.39 is 40.9 Å². The van der Waals surface area contributed by atoms with Gasteiger partial charge in [0.15, 0.2) is 23.1 Å². The van der Waals surface area contributed by atoms with Crippen molar-refractivity contribution in [3.63, 3.8) is 0 Å². The molecule has 2 saturated carbocycles. The van der Waals surface area contributed by atoms with Gasteiger partial charge in [0.2, 0.25) is 0 Å². The van der Waals surface area contributed by atoms with Crippen LogP contribution < -0.4 is 49.7 Å². The van der Waals surface area contributed by atoms with Crippen molar-refractivity contribution in [3.8, 4) is 11.5 Å². The Kier molecular flexibility index (Phi) is 36.2. The number of nitrogens with zero attached hydrogens (tertiary/aromatic N) is 3. The Morgan fingerprint density at radius 3 is 1.58 bits per heavy atom. The number of hydrogen-bond acceptors (Lipinski definition) is 16. The van der Waals surface area contributed by atoms with Crippen LogP contribution in [0.15, 0.2) is 83.1 Å². The van der Waals surface area contributed by atoms with Crippen LogP contribution >= 0.6 is 0 Å². The molecule has 0 spiro atoms. The van der Waals surface area contributed by atoms with Crippen molar-refractivity contribution >= 4 is 31.8 Å². The van der Waals surface area contributed by atoms with Gasteiger partial charge in [0.05, 0.1) is 44.5 Å². The average molecular weight is 1010 g/mol. The maximum Gasteiger partial charge on any atom is 1.00 e. The van der Waals surface area contributed by atoms with E-state index in [4.69, 9.17) is 26.0 Å². The molecular weight excluding hydrogens is 930 g/mol. The van der Waals surface area contributed by atoms with E-state index in [1.54, 1.807) is 42.5 Å². The number of allylic oxidation sites excluding steroid dienone is 3. The minimum Gasteiger partial charge on any atom is -0.512 e. The van der Waals surface area contributed by atoms with Crippen molar-refractivity contribution in [1.29, 1.82) is 5.26 Å². The molecule has 2 aromatic carbocycles. The summed E-state index contributed by atoms with van der Waals surface area (Å²) in [6, 6.07) is 12.6. The van der Waals surface area contributed by atoms with Crippen LogP contribution in [0.5, 0.6) is 11.5 Å². The van der Waals surface area contributed by atoms with E-state index in [2.05, 4.69) is 30.4 Å². The van der Waals surface area contributed by atoms with Crippen molar-refractivity contribution in [1.82, 2.24) is 10.6 Å². The Bertz CT molecular complexity index is 1830. The molecule has 2 aliphatic carbocycles. The van der Waals surface area contributed by atoms with Gasteiger partial charge >= 0.3 is 41.5 Å². The fourth-order valence-electron chi connectivity index (χ4n) is 8.21. The molecule has 0 aromatic heterocycles. The molecule has 8 atom stereocenters. The second kappa shape index (κ2) is 37.4. The summed E-state index contributed by atoms with van der Waals surface area (Å²) in [5, 5.41) is 59.7. The summed E-state index contributed by atoms with van der Waals surface area (Å²) in [4.78, 5) is 22.2. The normalized spacial score (nSPS) is 22.0. The van der Waals surface area contributed by atoms with E-state index in [0.29, 0.717) is 75.6 Å². The summed E-state index contributed by atoms with van der Waals surface area (Å²) in [5.41, 5.74) is 0.319. The molecule has 3 radical (unpaired) electrons. The molecule has 2 aliphatic rings. The van der Waals surface area contributed by atoms with Crippen molar-refractivity contribution in [2.45, 2.75) is 115 Å². The number of likely N-dealkylation sites (N-methyl/N-ethyl adjacent to an activating group) is 2. The van der Waals surface area contributed by atoms with Gasteiger partial charge in [0.1, 0.15) is 19.8 Å². The zero-order chi connectivity index (χ0) is 50.5. The summed E-state index contributed by atoms with van der Waals surface area (Å²) in [6.07, 6.45) is 13.0. The van der Waals surface area contributed by atoms with Crippen LogP contribution in [0, 0.1) is 47.1 Å². The van der Waals surface area contributed by atoms with Gasteiger partial charge in [0, 0.05) is 50.6 Å². The number of ether oxygens (including phenoxy) is 5. The van der Waals surface area contributed by atoms with Crippen molar-refractivity contribution in [2.75, 3.05) is 54.7 Å². The van der Waals surface area contributed by atoms with E-state index in [0.717, 1.165) is 6.42 Å². The van der Waals surface area contributed by atoms with E-state index in [-0.39, 0.29) is 113 Å². The van der Waals surface area contributed by atoms with Crippen LogP contribution in [0.25, 0.3) is 0 Å². The average Bonchev–Trinajstić information content (AvgIpc) is 3.84. The van der Waals surface area contributed by atoms with Crippen LogP contribution in [0.4, 0.5) is 8.78 Å². The fourth-order valence-corrected chi connectivity index (χ4v) is 8.21. The number of rotatable bonds is 26. The molecule has 16 nitrogen and oxygen atoms in total. The number of halogens is 2. The molecule has 0 heterocycles. The molecule has 2 fully saturated rings. The number of aliphatic hydroxyl groups is 2. The molecule has 0 bridgehead atoms. The first-order valence-corrected chi connectivity index (χ1v) is 22.8. The molecular formula is C51H76BF2N5NaO11. The standard InChI is InChI=1S/C25H37FN2O5.C24H35FN2O6.CN.CH4.B.Na/c1-25(27-2,17-33-23-12-9-8-11-20(23)26)15-14-18-19(22(29)16-21(18)28-31)10-6-4-5-7-13-24(30)32-3;1-24(26-2,16-33-22-10-5-4-9-19(22)25)12-11-17-18(21(28)14-20(17)27-30)8-6-7-13-32-15-23(29)31-3;1-2;;;/h4,6,8-9,11-12,18-19,22,27,29,31H,5,7,10,13-17H2,1-3H3;4-7,9-10,17-18,21,26,28,30H,8,11-16H2,1-3H3;;1H4;;/q;;-1;;;+1/b6-4-,28-21-;7-6-,27-20-;;;;/t18-,19-,22+,25-;17-,18-,21+,24?;;;;/m11..../s1. The van der Waals surface area contributed by atoms with E-state index >= 15 is 0 Å². The Morgan fingerprint density at radius 1 is 0.761 bits per heavy atom. The van der Waals surface area contributed by atoms with E-state index in [9.17, 15) is 39.0 Å². The number of unbranched alkanes of at least 4 members (excludes halogenated alkanes) is 1. The summed E-state index contributed by atoms with van der Waals surface area (Å²) in [5.74, 6) is -1.39. The number of nitrogens with one attached hydrogen (secondary N) is 2. The smallest absolute Gasteiger partial charge is 0.512 e. The van der Waals surface area contributed by atoms with Gasteiger partial charge in [-0.15, -0.1) is 0 Å². The summed E-state index contributed by atoms with van der Waals surface area (Å²) in [6.45, 7) is 9.42. The van der Waals surface area contributed by atoms with Gasteiger partial charge in [-0.25, -0.2) is 13.6 Å². The van der Waals surface area contributed by atoms with E-state index in [1.807, 2.05) is 46.2 Å². The first-order valence-electron chi connectivity index (χ1n) is 22.8. The van der Waals surface area contributed by atoms with Crippen LogP contribution in [0.2, 0.25) is 0 Å². The number of carbonyl (C=O) groups is 2.